The second-order valence-corrected chi connectivity index (χ2v) is 8.24. The smallest absolute Gasteiger partial charge is 0.247 e. The molecule has 1 amide bonds. The number of amides is 1. The summed E-state index contributed by atoms with van der Waals surface area (Å²) >= 11 is 1.51. The topological polar surface area (TPSA) is 102 Å². The number of nitrogens with one attached hydrogen (secondary N) is 1. The van der Waals surface area contributed by atoms with Crippen molar-refractivity contribution in [3.8, 4) is 0 Å². The molecule has 1 fully saturated rings. The quantitative estimate of drug-likeness (QED) is 0.607. The number of likely N-dealkylation sites (tertiary alicyclic amines) is 1. The molecule has 0 unspecified atom stereocenters. The highest BCUT2D eigenvalue weighted by atomic mass is 32.1. The molecule has 0 radical (unpaired) electrons. The number of aryl methyl sites for hydroxylation is 3. The van der Waals surface area contributed by atoms with E-state index < -0.39 is 0 Å². The Bertz CT molecular complexity index is 1070. The van der Waals surface area contributed by atoms with Crippen LogP contribution in [0.15, 0.2) is 24.5 Å². The average molecular weight is 425 g/mol. The van der Waals surface area contributed by atoms with Gasteiger partial charge in [0.15, 0.2) is 0 Å². The molecule has 1 aliphatic heterocycles. The number of nitrogens with zero attached hydrogens (tertiary/aromatic N) is 7. The van der Waals surface area contributed by atoms with E-state index >= 15 is 0 Å². The Labute approximate surface area is 178 Å². The normalized spacial score (nSPS) is 16.5. The van der Waals surface area contributed by atoms with Crippen LogP contribution in [0.3, 0.4) is 0 Å². The standard InChI is InChI=1S/C20H24N8OS/c1-4-18-25-26-20(30-18)24-17-10-15(22-13(2)23-17)16-6-5-9-28(16)19(29)8-7-14-11-21-27(3)12-14/h7-8,10-12,16H,4-6,9H2,1-3H3,(H,22,23,24,26)/b8-7+/t16-/m0/s1. The summed E-state index contributed by atoms with van der Waals surface area (Å²) in [6.45, 7) is 4.62. The SMILES string of the molecule is CCc1nnc(Nc2cc([C@@H]3CCCN3C(=O)/C=C/c3cnn(C)c3)nc(C)n2)s1. The third-order valence-corrected chi connectivity index (χ3v) is 5.87. The van der Waals surface area contributed by atoms with E-state index in [1.54, 1.807) is 23.0 Å². The van der Waals surface area contributed by atoms with Crippen molar-refractivity contribution in [1.82, 2.24) is 34.8 Å². The van der Waals surface area contributed by atoms with Crippen LogP contribution in [0, 0.1) is 6.92 Å². The minimum absolute atomic E-state index is 0.0242. The van der Waals surface area contributed by atoms with Crippen LogP contribution in [-0.4, -0.2) is 47.3 Å². The van der Waals surface area contributed by atoms with Gasteiger partial charge in [0.05, 0.1) is 17.9 Å². The molecule has 10 heteroatoms. The van der Waals surface area contributed by atoms with Gasteiger partial charge in [-0.1, -0.05) is 18.3 Å². The fraction of sp³-hybridized carbons (Fsp3) is 0.400. The second-order valence-electron chi connectivity index (χ2n) is 7.18. The summed E-state index contributed by atoms with van der Waals surface area (Å²) in [6, 6.07) is 1.83. The van der Waals surface area contributed by atoms with Crippen molar-refractivity contribution >= 4 is 34.3 Å². The van der Waals surface area contributed by atoms with Crippen molar-refractivity contribution in [1.29, 1.82) is 0 Å². The fourth-order valence-corrected chi connectivity index (χ4v) is 4.20. The Balaban J connectivity index is 1.52. The van der Waals surface area contributed by atoms with Crippen LogP contribution in [0.2, 0.25) is 0 Å². The number of rotatable bonds is 6. The first-order valence-electron chi connectivity index (χ1n) is 9.94. The third kappa shape index (κ3) is 4.54. The van der Waals surface area contributed by atoms with Gasteiger partial charge in [0.1, 0.15) is 16.6 Å². The van der Waals surface area contributed by atoms with Gasteiger partial charge in [0.25, 0.3) is 0 Å². The molecule has 4 heterocycles. The van der Waals surface area contributed by atoms with Crippen molar-refractivity contribution in [2.45, 2.75) is 39.2 Å². The molecule has 1 saturated heterocycles. The molecule has 1 N–H and O–H groups in total. The summed E-state index contributed by atoms with van der Waals surface area (Å²) in [6.07, 6.45) is 9.67. The highest BCUT2D eigenvalue weighted by Gasteiger charge is 2.30. The summed E-state index contributed by atoms with van der Waals surface area (Å²) in [5.74, 6) is 1.30. The molecular weight excluding hydrogens is 400 g/mol. The predicted octanol–water partition coefficient (Wildman–Crippen LogP) is 3.05. The monoisotopic (exact) mass is 424 g/mol. The molecule has 30 heavy (non-hydrogen) atoms. The lowest BCUT2D eigenvalue weighted by Crippen LogP contribution is -2.29. The van der Waals surface area contributed by atoms with Gasteiger partial charge in [-0.25, -0.2) is 9.97 Å². The summed E-state index contributed by atoms with van der Waals surface area (Å²) < 4.78 is 1.71. The maximum absolute atomic E-state index is 12.8. The molecule has 0 aliphatic carbocycles. The van der Waals surface area contributed by atoms with Gasteiger partial charge in [-0.3, -0.25) is 9.48 Å². The predicted molar refractivity (Wildman–Crippen MR) is 115 cm³/mol. The van der Waals surface area contributed by atoms with E-state index in [0.29, 0.717) is 23.3 Å². The Morgan fingerprint density at radius 2 is 2.23 bits per heavy atom. The molecule has 3 aromatic heterocycles. The molecule has 156 valence electrons. The number of hydrogen-bond donors (Lipinski definition) is 1. The first-order chi connectivity index (χ1) is 14.5. The van der Waals surface area contributed by atoms with Crippen molar-refractivity contribution in [3.05, 3.63) is 46.6 Å². The van der Waals surface area contributed by atoms with Crippen molar-refractivity contribution in [2.75, 3.05) is 11.9 Å². The zero-order chi connectivity index (χ0) is 21.1. The van der Waals surface area contributed by atoms with Crippen LogP contribution >= 0.6 is 11.3 Å². The molecular formula is C20H24N8OS. The number of anilines is 2. The molecule has 4 rings (SSSR count). The molecule has 0 aromatic carbocycles. The lowest BCUT2D eigenvalue weighted by Gasteiger charge is -2.23. The van der Waals surface area contributed by atoms with Crippen LogP contribution in [-0.2, 0) is 18.3 Å². The lowest BCUT2D eigenvalue weighted by molar-refractivity contribution is -0.126. The fourth-order valence-electron chi connectivity index (χ4n) is 3.51. The van der Waals surface area contributed by atoms with Crippen LogP contribution in [0.5, 0.6) is 0 Å². The van der Waals surface area contributed by atoms with Crippen molar-refractivity contribution in [3.63, 3.8) is 0 Å². The van der Waals surface area contributed by atoms with Gasteiger partial charge in [-0.15, -0.1) is 10.2 Å². The van der Waals surface area contributed by atoms with Gasteiger partial charge >= 0.3 is 0 Å². The van der Waals surface area contributed by atoms with Crippen molar-refractivity contribution in [2.24, 2.45) is 7.05 Å². The molecule has 0 saturated carbocycles. The van der Waals surface area contributed by atoms with Crippen molar-refractivity contribution < 1.29 is 4.79 Å². The second kappa shape index (κ2) is 8.70. The van der Waals surface area contributed by atoms with Gasteiger partial charge in [-0.05, 0) is 32.3 Å². The molecule has 1 atom stereocenters. The summed E-state index contributed by atoms with van der Waals surface area (Å²) in [7, 11) is 1.85. The minimum Gasteiger partial charge on any atom is -0.331 e. The molecule has 0 spiro atoms. The molecule has 9 nitrogen and oxygen atoms in total. The van der Waals surface area contributed by atoms with E-state index in [4.69, 9.17) is 0 Å². The van der Waals surface area contributed by atoms with Gasteiger partial charge in [-0.2, -0.15) is 5.10 Å². The summed E-state index contributed by atoms with van der Waals surface area (Å²) in [5, 5.41) is 17.3. The van der Waals surface area contributed by atoms with Gasteiger partial charge < -0.3 is 10.2 Å². The minimum atomic E-state index is -0.0704. The highest BCUT2D eigenvalue weighted by Crippen LogP contribution is 2.32. The van der Waals surface area contributed by atoms with E-state index in [0.717, 1.165) is 35.5 Å². The van der Waals surface area contributed by atoms with E-state index in [9.17, 15) is 4.79 Å². The number of aromatic nitrogens is 6. The number of hydrogen-bond acceptors (Lipinski definition) is 8. The largest absolute Gasteiger partial charge is 0.331 e. The van der Waals surface area contributed by atoms with E-state index in [-0.39, 0.29) is 11.9 Å². The van der Waals surface area contributed by atoms with Crippen LogP contribution < -0.4 is 5.32 Å². The average Bonchev–Trinajstić information content (AvgIpc) is 3.46. The lowest BCUT2D eigenvalue weighted by atomic mass is 10.1. The van der Waals surface area contributed by atoms with Gasteiger partial charge in [0, 0.05) is 37.5 Å². The Morgan fingerprint density at radius 1 is 1.37 bits per heavy atom. The highest BCUT2D eigenvalue weighted by molar-refractivity contribution is 7.15. The third-order valence-electron chi connectivity index (χ3n) is 4.88. The van der Waals surface area contributed by atoms with Crippen LogP contribution in [0.25, 0.3) is 6.08 Å². The zero-order valence-corrected chi connectivity index (χ0v) is 18.1. The number of carbonyl (C=O) groups is 1. The Kier molecular flexibility index (Phi) is 5.84. The molecule has 3 aromatic rings. The maximum atomic E-state index is 12.8. The first kappa shape index (κ1) is 20.1. The van der Waals surface area contributed by atoms with Gasteiger partial charge in [0.2, 0.25) is 11.0 Å². The summed E-state index contributed by atoms with van der Waals surface area (Å²) in [5.41, 5.74) is 1.74. The molecule has 1 aliphatic rings. The first-order valence-corrected chi connectivity index (χ1v) is 10.8. The maximum Gasteiger partial charge on any atom is 0.247 e. The van der Waals surface area contributed by atoms with E-state index in [2.05, 4.69) is 30.6 Å². The Hall–Kier alpha value is -3.14. The molecule has 0 bridgehead atoms. The Morgan fingerprint density at radius 3 is 2.97 bits per heavy atom. The van der Waals surface area contributed by atoms with E-state index in [1.165, 1.54) is 11.3 Å². The summed E-state index contributed by atoms with van der Waals surface area (Å²) in [4.78, 5) is 23.8. The van der Waals surface area contributed by atoms with E-state index in [1.807, 2.05) is 38.1 Å². The number of carbonyl (C=O) groups excluding carboxylic acids is 1. The van der Waals surface area contributed by atoms with Crippen LogP contribution in [0.4, 0.5) is 10.9 Å². The zero-order valence-electron chi connectivity index (χ0n) is 17.2. The van der Waals surface area contributed by atoms with Crippen LogP contribution in [0.1, 0.15) is 47.9 Å².